The molecule has 1 aliphatic rings. The van der Waals surface area contributed by atoms with E-state index < -0.39 is 5.97 Å². The molecule has 4 rings (SSSR count). The Bertz CT molecular complexity index is 1260. The minimum Gasteiger partial charge on any atom is -0.489 e. The summed E-state index contributed by atoms with van der Waals surface area (Å²) in [5.41, 5.74) is 1.95. The smallest absolute Gasteiger partial charge is 0.339 e. The fourth-order valence-electron chi connectivity index (χ4n) is 3.85. The van der Waals surface area contributed by atoms with Crippen molar-refractivity contribution in [2.45, 2.75) is 18.9 Å². The molecule has 1 atom stereocenters. The number of aryl methyl sites for hydroxylation is 2. The molecule has 0 radical (unpaired) electrons. The maximum absolute atomic E-state index is 12.8. The van der Waals surface area contributed by atoms with Crippen LogP contribution in [0.1, 0.15) is 22.5 Å². The van der Waals surface area contributed by atoms with E-state index in [2.05, 4.69) is 14.7 Å². The number of esters is 1. The van der Waals surface area contributed by atoms with E-state index in [-0.39, 0.29) is 42.6 Å². The van der Waals surface area contributed by atoms with Gasteiger partial charge in [0.1, 0.15) is 24.2 Å². The van der Waals surface area contributed by atoms with Crippen LogP contribution in [0.3, 0.4) is 0 Å². The number of hydrogen-bond donors (Lipinski definition) is 0. The first kappa shape index (κ1) is 23.4. The molecule has 10 heteroatoms. The first-order valence-electron chi connectivity index (χ1n) is 11.0. The molecule has 2 aromatic heterocycles. The molecule has 0 aliphatic carbocycles. The lowest BCUT2D eigenvalue weighted by molar-refractivity contribution is -0.139. The van der Waals surface area contributed by atoms with Crippen LogP contribution in [-0.4, -0.2) is 70.8 Å². The third-order valence-corrected chi connectivity index (χ3v) is 5.69. The Balaban J connectivity index is 1.33. The Labute approximate surface area is 196 Å². The molecule has 1 aliphatic heterocycles. The van der Waals surface area contributed by atoms with Gasteiger partial charge in [-0.2, -0.15) is 0 Å². The largest absolute Gasteiger partial charge is 0.489 e. The van der Waals surface area contributed by atoms with E-state index in [1.54, 1.807) is 22.6 Å². The second-order valence-corrected chi connectivity index (χ2v) is 7.96. The molecule has 178 valence electrons. The Hall–Kier alpha value is -3.79. The van der Waals surface area contributed by atoms with Crippen LogP contribution in [0.25, 0.3) is 11.0 Å². The monoisotopic (exact) mass is 466 g/mol. The molecule has 3 heterocycles. The number of aromatic nitrogens is 3. The molecule has 0 bridgehead atoms. The van der Waals surface area contributed by atoms with Gasteiger partial charge in [0.25, 0.3) is 5.56 Å². The normalized spacial score (nSPS) is 15.8. The topological polar surface area (TPSA) is 113 Å². The first-order chi connectivity index (χ1) is 16.5. The second kappa shape index (κ2) is 10.4. The molecular formula is C24H26N4O6. The van der Waals surface area contributed by atoms with E-state index in [9.17, 15) is 14.4 Å². The highest BCUT2D eigenvalue weighted by Crippen LogP contribution is 2.15. The number of benzene rings is 1. The highest BCUT2D eigenvalue weighted by molar-refractivity contribution is 5.89. The molecule has 0 saturated carbocycles. The van der Waals surface area contributed by atoms with E-state index >= 15 is 0 Å². The van der Waals surface area contributed by atoms with Gasteiger partial charge < -0.3 is 23.7 Å². The van der Waals surface area contributed by atoms with E-state index in [1.807, 2.05) is 24.3 Å². The van der Waals surface area contributed by atoms with Gasteiger partial charge in [-0.25, -0.2) is 9.78 Å². The minimum absolute atomic E-state index is 0.0698. The van der Waals surface area contributed by atoms with E-state index in [1.165, 1.54) is 19.5 Å². The average Bonchev–Trinajstić information content (AvgIpc) is 2.88. The maximum atomic E-state index is 12.8. The molecule has 1 unspecified atom stereocenters. The van der Waals surface area contributed by atoms with Crippen LogP contribution in [0.15, 0.2) is 47.5 Å². The number of ether oxygens (including phenoxy) is 3. The highest BCUT2D eigenvalue weighted by Gasteiger charge is 2.25. The first-order valence-corrected chi connectivity index (χ1v) is 11.0. The Kier molecular flexibility index (Phi) is 7.17. The summed E-state index contributed by atoms with van der Waals surface area (Å²) >= 11 is 0. The van der Waals surface area contributed by atoms with Gasteiger partial charge in [-0.15, -0.1) is 0 Å². The van der Waals surface area contributed by atoms with Gasteiger partial charge >= 0.3 is 5.97 Å². The van der Waals surface area contributed by atoms with Crippen molar-refractivity contribution in [1.29, 1.82) is 0 Å². The van der Waals surface area contributed by atoms with Crippen LogP contribution in [0.4, 0.5) is 0 Å². The molecule has 0 spiro atoms. The van der Waals surface area contributed by atoms with Crippen LogP contribution in [-0.2, 0) is 27.7 Å². The van der Waals surface area contributed by atoms with Crippen LogP contribution < -0.4 is 10.3 Å². The summed E-state index contributed by atoms with van der Waals surface area (Å²) in [6, 6.07) is 8.96. The fraction of sp³-hybridized carbons (Fsp3) is 0.375. The third-order valence-electron chi connectivity index (χ3n) is 5.69. The van der Waals surface area contributed by atoms with Crippen molar-refractivity contribution in [2.75, 3.05) is 33.4 Å². The van der Waals surface area contributed by atoms with E-state index in [0.717, 1.165) is 11.0 Å². The summed E-state index contributed by atoms with van der Waals surface area (Å²) < 4.78 is 17.7. The summed E-state index contributed by atoms with van der Waals surface area (Å²) in [5.74, 6) is -0.160. The molecular weight excluding hydrogens is 440 g/mol. The molecule has 1 amide bonds. The lowest BCUT2D eigenvalue weighted by Gasteiger charge is -2.33. The summed E-state index contributed by atoms with van der Waals surface area (Å²) in [7, 11) is 3.01. The van der Waals surface area contributed by atoms with Crippen LogP contribution in [0, 0.1) is 0 Å². The number of methoxy groups -OCH3 is 1. The van der Waals surface area contributed by atoms with Crippen molar-refractivity contribution < 1.29 is 23.8 Å². The SMILES string of the molecule is COC(=O)c1cncc(OCC2CN(C(=O)CCc3nc4ccccc4n(C)c3=O)CCO2)c1. The van der Waals surface area contributed by atoms with Crippen LogP contribution >= 0.6 is 0 Å². The molecule has 1 fully saturated rings. The number of rotatable bonds is 7. The zero-order valence-electron chi connectivity index (χ0n) is 19.1. The molecule has 0 N–H and O–H groups in total. The van der Waals surface area contributed by atoms with Crippen LogP contribution in [0.2, 0.25) is 0 Å². The summed E-state index contributed by atoms with van der Waals surface area (Å²) in [6.45, 7) is 1.42. The van der Waals surface area contributed by atoms with E-state index in [4.69, 9.17) is 9.47 Å². The minimum atomic E-state index is -0.501. The highest BCUT2D eigenvalue weighted by atomic mass is 16.5. The number of pyridine rings is 1. The van der Waals surface area contributed by atoms with Crippen molar-refractivity contribution in [3.05, 3.63) is 64.3 Å². The van der Waals surface area contributed by atoms with Crippen molar-refractivity contribution in [3.63, 3.8) is 0 Å². The number of carbonyl (C=O) groups excluding carboxylic acids is 2. The molecule has 3 aromatic rings. The van der Waals surface area contributed by atoms with Gasteiger partial charge in [0.05, 0.1) is 43.1 Å². The zero-order valence-corrected chi connectivity index (χ0v) is 19.1. The number of carbonyl (C=O) groups is 2. The standard InChI is InChI=1S/C24H26N4O6/c1-27-21-6-4-3-5-19(21)26-20(23(27)30)7-8-22(29)28-9-10-33-18(14-28)15-34-17-11-16(12-25-13-17)24(31)32-2/h3-6,11-13,18H,7-10,14-15H2,1-2H3. The van der Waals surface area contributed by atoms with Gasteiger partial charge in [0, 0.05) is 32.6 Å². The number of amides is 1. The van der Waals surface area contributed by atoms with E-state index in [0.29, 0.717) is 31.1 Å². The lowest BCUT2D eigenvalue weighted by atomic mass is 10.2. The molecule has 1 aromatic carbocycles. The quantitative estimate of drug-likeness (QED) is 0.480. The van der Waals surface area contributed by atoms with Gasteiger partial charge in [-0.1, -0.05) is 12.1 Å². The number of nitrogens with zero attached hydrogens (tertiary/aromatic N) is 4. The Morgan fingerprint density at radius 2 is 2.06 bits per heavy atom. The maximum Gasteiger partial charge on any atom is 0.339 e. The fourth-order valence-corrected chi connectivity index (χ4v) is 3.85. The van der Waals surface area contributed by atoms with Crippen molar-refractivity contribution in [1.82, 2.24) is 19.4 Å². The second-order valence-electron chi connectivity index (χ2n) is 7.96. The summed E-state index contributed by atoms with van der Waals surface area (Å²) in [5, 5.41) is 0. The van der Waals surface area contributed by atoms with Crippen molar-refractivity contribution >= 4 is 22.9 Å². The van der Waals surface area contributed by atoms with Gasteiger partial charge in [0.15, 0.2) is 0 Å². The van der Waals surface area contributed by atoms with Crippen molar-refractivity contribution in [2.24, 2.45) is 7.05 Å². The van der Waals surface area contributed by atoms with Crippen LogP contribution in [0.5, 0.6) is 5.75 Å². The third kappa shape index (κ3) is 5.23. The number of hydrogen-bond acceptors (Lipinski definition) is 8. The Morgan fingerprint density at radius 3 is 2.88 bits per heavy atom. The Morgan fingerprint density at radius 1 is 1.24 bits per heavy atom. The van der Waals surface area contributed by atoms with Gasteiger partial charge in [-0.05, 0) is 18.2 Å². The van der Waals surface area contributed by atoms with Gasteiger partial charge in [0.2, 0.25) is 5.91 Å². The summed E-state index contributed by atoms with van der Waals surface area (Å²) in [4.78, 5) is 47.3. The molecule has 1 saturated heterocycles. The molecule has 10 nitrogen and oxygen atoms in total. The van der Waals surface area contributed by atoms with Crippen molar-refractivity contribution in [3.8, 4) is 5.75 Å². The van der Waals surface area contributed by atoms with Gasteiger partial charge in [-0.3, -0.25) is 14.6 Å². The summed E-state index contributed by atoms with van der Waals surface area (Å²) in [6.07, 6.45) is 3.01. The predicted molar refractivity (Wildman–Crippen MR) is 123 cm³/mol. The lowest BCUT2D eigenvalue weighted by Crippen LogP contribution is -2.47. The number of para-hydroxylation sites is 2. The zero-order chi connectivity index (χ0) is 24.1. The predicted octanol–water partition coefficient (Wildman–Crippen LogP) is 1.35. The average molecular weight is 466 g/mol. The number of morpholine rings is 1. The molecule has 34 heavy (non-hydrogen) atoms. The number of fused-ring (bicyclic) bond motifs is 1.